The van der Waals surface area contributed by atoms with Crippen molar-refractivity contribution in [3.63, 3.8) is 0 Å². The highest BCUT2D eigenvalue weighted by Gasteiger charge is 2.37. The number of nitrogens with zero attached hydrogens (tertiary/aromatic N) is 1. The van der Waals surface area contributed by atoms with Crippen LogP contribution in [0.4, 0.5) is 0 Å². The van der Waals surface area contributed by atoms with Gasteiger partial charge >= 0.3 is 0 Å². The summed E-state index contributed by atoms with van der Waals surface area (Å²) in [5.74, 6) is 0.282. The third kappa shape index (κ3) is 1.96. The molecule has 1 fully saturated rings. The summed E-state index contributed by atoms with van der Waals surface area (Å²) < 4.78 is 0.996. The number of fused-ring (bicyclic) bond motifs is 1. The van der Waals surface area contributed by atoms with Crippen LogP contribution in [0.3, 0.4) is 0 Å². The highest BCUT2D eigenvalue weighted by molar-refractivity contribution is 14.1. The highest BCUT2D eigenvalue weighted by atomic mass is 127. The average Bonchev–Trinajstić information content (AvgIpc) is 2.93. The second-order valence-electron chi connectivity index (χ2n) is 5.06. The second-order valence-corrected chi connectivity index (χ2v) is 6.31. The number of amides is 2. The quantitative estimate of drug-likeness (QED) is 0.604. The van der Waals surface area contributed by atoms with E-state index in [1.54, 1.807) is 6.07 Å². The van der Waals surface area contributed by atoms with Gasteiger partial charge in [0.05, 0.1) is 11.1 Å². The molecule has 1 aromatic carbocycles. The summed E-state index contributed by atoms with van der Waals surface area (Å²) >= 11 is 2.17. The predicted octanol–water partition coefficient (Wildman–Crippen LogP) is 3.08. The lowest BCUT2D eigenvalue weighted by Crippen LogP contribution is -2.33. The number of carbonyl (C=O) groups is 2. The number of rotatable bonds is 2. The van der Waals surface area contributed by atoms with Crippen LogP contribution in [0.25, 0.3) is 0 Å². The maximum Gasteiger partial charge on any atom is 0.261 e. The normalized spacial score (nSPS) is 19.7. The van der Waals surface area contributed by atoms with E-state index in [0.29, 0.717) is 23.6 Å². The lowest BCUT2D eigenvalue weighted by molar-refractivity contribution is 0.0630. The lowest BCUT2D eigenvalue weighted by Gasteiger charge is -2.18. The first-order valence-corrected chi connectivity index (χ1v) is 7.40. The van der Waals surface area contributed by atoms with E-state index in [-0.39, 0.29) is 11.8 Å². The first-order chi connectivity index (χ1) is 8.66. The molecule has 1 aliphatic heterocycles. The zero-order chi connectivity index (χ0) is 12.7. The molecular formula is C14H14INO2. The van der Waals surface area contributed by atoms with E-state index in [1.165, 1.54) is 17.7 Å². The first kappa shape index (κ1) is 12.1. The van der Waals surface area contributed by atoms with Gasteiger partial charge in [0.1, 0.15) is 0 Å². The van der Waals surface area contributed by atoms with Crippen LogP contribution in [-0.2, 0) is 0 Å². The van der Waals surface area contributed by atoms with Crippen molar-refractivity contribution in [2.75, 3.05) is 6.54 Å². The van der Waals surface area contributed by atoms with E-state index in [9.17, 15) is 9.59 Å². The number of hydrogen-bond acceptors (Lipinski definition) is 2. The van der Waals surface area contributed by atoms with Crippen molar-refractivity contribution in [3.05, 3.63) is 32.9 Å². The maximum absolute atomic E-state index is 12.2. The summed E-state index contributed by atoms with van der Waals surface area (Å²) in [5.41, 5.74) is 1.14. The van der Waals surface area contributed by atoms with Crippen LogP contribution in [0, 0.1) is 9.49 Å². The van der Waals surface area contributed by atoms with Crippen molar-refractivity contribution < 1.29 is 9.59 Å². The van der Waals surface area contributed by atoms with Gasteiger partial charge in [-0.25, -0.2) is 0 Å². The maximum atomic E-state index is 12.2. The van der Waals surface area contributed by atoms with Crippen molar-refractivity contribution in [3.8, 4) is 0 Å². The van der Waals surface area contributed by atoms with Gasteiger partial charge < -0.3 is 0 Å². The minimum Gasteiger partial charge on any atom is -0.274 e. The Hall–Kier alpha value is -0.910. The Bertz CT molecular complexity index is 521. The number of benzene rings is 1. The van der Waals surface area contributed by atoms with Crippen LogP contribution in [0.5, 0.6) is 0 Å². The smallest absolute Gasteiger partial charge is 0.261 e. The van der Waals surface area contributed by atoms with Crippen LogP contribution in [0.15, 0.2) is 18.2 Å². The molecule has 0 bridgehead atoms. The summed E-state index contributed by atoms with van der Waals surface area (Å²) in [6.45, 7) is 0.600. The van der Waals surface area contributed by atoms with Gasteiger partial charge in [0.25, 0.3) is 11.8 Å². The average molecular weight is 355 g/mol. The van der Waals surface area contributed by atoms with Crippen molar-refractivity contribution in [2.45, 2.75) is 25.7 Å². The van der Waals surface area contributed by atoms with E-state index < -0.39 is 0 Å². The molecule has 1 aliphatic carbocycles. The Labute approximate surface area is 120 Å². The third-order valence-electron chi connectivity index (χ3n) is 3.85. The second kappa shape index (κ2) is 4.64. The van der Waals surface area contributed by atoms with Crippen LogP contribution >= 0.6 is 22.6 Å². The molecule has 3 nitrogen and oxygen atoms in total. The fourth-order valence-electron chi connectivity index (χ4n) is 2.88. The first-order valence-electron chi connectivity index (χ1n) is 6.32. The summed E-state index contributed by atoms with van der Waals surface area (Å²) in [6, 6.07) is 5.46. The number of imide groups is 1. The molecule has 2 amide bonds. The highest BCUT2D eigenvalue weighted by Crippen LogP contribution is 2.30. The van der Waals surface area contributed by atoms with E-state index >= 15 is 0 Å². The minimum absolute atomic E-state index is 0.111. The summed E-state index contributed by atoms with van der Waals surface area (Å²) in [5, 5.41) is 0. The molecule has 0 saturated heterocycles. The van der Waals surface area contributed by atoms with Crippen LogP contribution in [0.1, 0.15) is 46.4 Å². The molecule has 18 heavy (non-hydrogen) atoms. The zero-order valence-corrected chi connectivity index (χ0v) is 12.1. The van der Waals surface area contributed by atoms with Gasteiger partial charge in [-0.05, 0) is 59.5 Å². The lowest BCUT2D eigenvalue weighted by atomic mass is 10.1. The molecule has 0 radical (unpaired) electrons. The van der Waals surface area contributed by atoms with Crippen molar-refractivity contribution >= 4 is 34.4 Å². The summed E-state index contributed by atoms with van der Waals surface area (Å²) in [7, 11) is 0. The van der Waals surface area contributed by atoms with Crippen molar-refractivity contribution in [1.82, 2.24) is 4.90 Å². The zero-order valence-electron chi connectivity index (χ0n) is 9.99. The van der Waals surface area contributed by atoms with Crippen LogP contribution in [-0.4, -0.2) is 23.3 Å². The number of carbonyl (C=O) groups excluding carboxylic acids is 2. The summed E-state index contributed by atoms with van der Waals surface area (Å²) in [4.78, 5) is 25.9. The van der Waals surface area contributed by atoms with Crippen LogP contribution in [0.2, 0.25) is 0 Å². The molecule has 0 atom stereocenters. The Balaban J connectivity index is 1.87. The molecule has 0 unspecified atom stereocenters. The van der Waals surface area contributed by atoms with E-state index in [0.717, 1.165) is 16.4 Å². The fourth-order valence-corrected chi connectivity index (χ4v) is 3.37. The number of hydrogen-bond donors (Lipinski definition) is 0. The van der Waals surface area contributed by atoms with Crippen molar-refractivity contribution in [2.24, 2.45) is 5.92 Å². The Morgan fingerprint density at radius 2 is 1.78 bits per heavy atom. The molecule has 3 rings (SSSR count). The van der Waals surface area contributed by atoms with Gasteiger partial charge in [-0.3, -0.25) is 14.5 Å². The van der Waals surface area contributed by atoms with Gasteiger partial charge in [-0.1, -0.05) is 12.8 Å². The van der Waals surface area contributed by atoms with Gasteiger partial charge in [0.2, 0.25) is 0 Å². The largest absolute Gasteiger partial charge is 0.274 e. The molecule has 4 heteroatoms. The molecule has 0 spiro atoms. The molecule has 1 saturated carbocycles. The Kier molecular flexibility index (Phi) is 3.13. The monoisotopic (exact) mass is 355 g/mol. The van der Waals surface area contributed by atoms with Crippen LogP contribution < -0.4 is 0 Å². The molecular weight excluding hydrogens is 341 g/mol. The van der Waals surface area contributed by atoms with Gasteiger partial charge in [0.15, 0.2) is 0 Å². The Morgan fingerprint density at radius 1 is 1.11 bits per heavy atom. The van der Waals surface area contributed by atoms with Gasteiger partial charge in [0, 0.05) is 10.1 Å². The van der Waals surface area contributed by atoms with Gasteiger partial charge in [-0.2, -0.15) is 0 Å². The fraction of sp³-hybridized carbons (Fsp3) is 0.429. The van der Waals surface area contributed by atoms with Crippen molar-refractivity contribution in [1.29, 1.82) is 0 Å². The molecule has 2 aliphatic rings. The Morgan fingerprint density at radius 3 is 2.50 bits per heavy atom. The molecule has 1 heterocycles. The summed E-state index contributed by atoms with van der Waals surface area (Å²) in [6.07, 6.45) is 4.74. The van der Waals surface area contributed by atoms with E-state index in [4.69, 9.17) is 0 Å². The SMILES string of the molecule is O=C1c2ccc(I)cc2C(=O)N1CC1CCCC1. The standard InChI is InChI=1S/C14H14INO2/c15-10-5-6-11-12(7-10)14(18)16(13(11)17)8-9-3-1-2-4-9/h5-7,9H,1-4,8H2. The molecule has 1 aromatic rings. The topological polar surface area (TPSA) is 37.4 Å². The van der Waals surface area contributed by atoms with Gasteiger partial charge in [-0.15, -0.1) is 0 Å². The van der Waals surface area contributed by atoms with E-state index in [2.05, 4.69) is 22.6 Å². The van der Waals surface area contributed by atoms with E-state index in [1.807, 2.05) is 12.1 Å². The molecule has 0 N–H and O–H groups in total. The number of halogens is 1. The third-order valence-corrected chi connectivity index (χ3v) is 4.52. The molecule has 94 valence electrons. The molecule has 0 aromatic heterocycles. The minimum atomic E-state index is -0.113. The predicted molar refractivity (Wildman–Crippen MR) is 76.5 cm³/mol.